The summed E-state index contributed by atoms with van der Waals surface area (Å²) in [4.78, 5) is 4.18. The molecule has 2 nitrogen and oxygen atoms in total. The van der Waals surface area contributed by atoms with Crippen LogP contribution in [0.3, 0.4) is 0 Å². The van der Waals surface area contributed by atoms with Crippen molar-refractivity contribution in [3.8, 4) is 5.75 Å². The van der Waals surface area contributed by atoms with E-state index in [4.69, 9.17) is 0 Å². The molecule has 0 heterocycles. The molecule has 0 amide bonds. The summed E-state index contributed by atoms with van der Waals surface area (Å²) in [6.07, 6.45) is 2.64. The molecule has 0 saturated carbocycles. The van der Waals surface area contributed by atoms with Crippen LogP contribution in [0.1, 0.15) is 12.0 Å². The Kier molecular flexibility index (Phi) is 5.04. The second-order valence-corrected chi connectivity index (χ2v) is 4.18. The zero-order valence-corrected chi connectivity index (χ0v) is 10.1. The van der Waals surface area contributed by atoms with Crippen LogP contribution in [0.4, 0.5) is 0 Å². The quantitative estimate of drug-likeness (QED) is 0.494. The van der Waals surface area contributed by atoms with E-state index in [0.717, 1.165) is 28.8 Å². The Morgan fingerprint density at radius 2 is 2.29 bits per heavy atom. The third-order valence-corrected chi connectivity index (χ3v) is 2.47. The molecule has 1 aromatic rings. The number of benzene rings is 1. The highest BCUT2D eigenvalue weighted by Crippen LogP contribution is 2.19. The molecular weight excluding hydrogens is 262 g/mol. The zero-order chi connectivity index (χ0) is 10.4. The highest BCUT2D eigenvalue weighted by Gasteiger charge is 1.97. The number of aliphatic imine (C=N–C) groups is 1. The van der Waals surface area contributed by atoms with Crippen LogP contribution >= 0.6 is 28.6 Å². The van der Waals surface area contributed by atoms with E-state index >= 15 is 0 Å². The lowest BCUT2D eigenvalue weighted by atomic mass is 10.2. The maximum atomic E-state index is 9.46. The summed E-state index contributed by atoms with van der Waals surface area (Å²) in [6.45, 7) is 0.745. The molecule has 4 heteroatoms. The average molecular weight is 274 g/mol. The molecule has 0 radical (unpaired) electrons. The minimum atomic E-state index is 0.253. The van der Waals surface area contributed by atoms with Gasteiger partial charge in [0.05, 0.1) is 0 Å². The summed E-state index contributed by atoms with van der Waals surface area (Å²) in [6, 6.07) is 5.27. The highest BCUT2D eigenvalue weighted by atomic mass is 79.9. The van der Waals surface area contributed by atoms with Gasteiger partial charge in [-0.15, -0.1) is 0 Å². The Bertz CT molecular complexity index is 328. The molecule has 0 saturated heterocycles. The fourth-order valence-electron chi connectivity index (χ4n) is 0.954. The molecule has 0 fully saturated rings. The molecule has 0 aliphatic carbocycles. The van der Waals surface area contributed by atoms with E-state index < -0.39 is 0 Å². The van der Waals surface area contributed by atoms with Crippen LogP contribution < -0.4 is 0 Å². The zero-order valence-electron chi connectivity index (χ0n) is 7.65. The van der Waals surface area contributed by atoms with Crippen LogP contribution in [0, 0.1) is 0 Å². The third kappa shape index (κ3) is 3.72. The lowest BCUT2D eigenvalue weighted by Gasteiger charge is -1.98. The summed E-state index contributed by atoms with van der Waals surface area (Å²) in [7, 11) is 0. The monoisotopic (exact) mass is 273 g/mol. The number of hydrogen-bond acceptors (Lipinski definition) is 3. The Hall–Kier alpha value is -0.480. The van der Waals surface area contributed by atoms with Crippen LogP contribution in [0.25, 0.3) is 0 Å². The maximum Gasteiger partial charge on any atom is 0.124 e. The van der Waals surface area contributed by atoms with Gasteiger partial charge in [-0.2, -0.15) is 12.6 Å². The summed E-state index contributed by atoms with van der Waals surface area (Å²) in [5.41, 5.74) is 0.735. The normalized spacial score (nSPS) is 11.0. The van der Waals surface area contributed by atoms with Crippen molar-refractivity contribution in [1.29, 1.82) is 0 Å². The number of aromatic hydroxyl groups is 1. The van der Waals surface area contributed by atoms with Gasteiger partial charge in [-0.3, -0.25) is 4.99 Å². The van der Waals surface area contributed by atoms with Gasteiger partial charge >= 0.3 is 0 Å². The lowest BCUT2D eigenvalue weighted by molar-refractivity contribution is 0.474. The van der Waals surface area contributed by atoms with Gasteiger partial charge in [0.1, 0.15) is 5.75 Å². The standard InChI is InChI=1S/C10H12BrNOS/c11-9-2-3-10(13)8(6-9)7-12-4-1-5-14/h2-3,6-7,13-14H,1,4-5H2. The minimum Gasteiger partial charge on any atom is -0.507 e. The Morgan fingerprint density at radius 3 is 3.00 bits per heavy atom. The summed E-state index contributed by atoms with van der Waals surface area (Å²) < 4.78 is 0.936. The fraction of sp³-hybridized carbons (Fsp3) is 0.300. The van der Waals surface area contributed by atoms with Crippen molar-refractivity contribution in [2.24, 2.45) is 4.99 Å². The van der Waals surface area contributed by atoms with Crippen molar-refractivity contribution in [1.82, 2.24) is 0 Å². The second kappa shape index (κ2) is 6.09. The Labute approximate surface area is 97.6 Å². The van der Waals surface area contributed by atoms with Crippen molar-refractivity contribution in [2.45, 2.75) is 6.42 Å². The van der Waals surface area contributed by atoms with Crippen LogP contribution in [0.2, 0.25) is 0 Å². The molecule has 0 atom stereocenters. The topological polar surface area (TPSA) is 32.6 Å². The van der Waals surface area contributed by atoms with Crippen LogP contribution in [0.5, 0.6) is 5.75 Å². The molecule has 0 bridgehead atoms. The molecule has 0 aromatic heterocycles. The van der Waals surface area contributed by atoms with E-state index in [1.165, 1.54) is 0 Å². The molecule has 14 heavy (non-hydrogen) atoms. The fourth-order valence-corrected chi connectivity index (χ4v) is 1.47. The number of nitrogens with zero attached hydrogens (tertiary/aromatic N) is 1. The first-order valence-corrected chi connectivity index (χ1v) is 5.76. The van der Waals surface area contributed by atoms with Crippen LogP contribution in [-0.2, 0) is 0 Å². The Morgan fingerprint density at radius 1 is 1.50 bits per heavy atom. The summed E-state index contributed by atoms with van der Waals surface area (Å²) in [5.74, 6) is 1.09. The first-order valence-electron chi connectivity index (χ1n) is 4.33. The van der Waals surface area contributed by atoms with Crippen molar-refractivity contribution in [3.63, 3.8) is 0 Å². The average Bonchev–Trinajstić information content (AvgIpc) is 2.18. The number of phenolic OH excluding ortho intramolecular Hbond substituents is 1. The number of halogens is 1. The highest BCUT2D eigenvalue weighted by molar-refractivity contribution is 9.10. The van der Waals surface area contributed by atoms with Gasteiger partial charge in [-0.1, -0.05) is 15.9 Å². The first kappa shape index (κ1) is 11.6. The van der Waals surface area contributed by atoms with Crippen molar-refractivity contribution in [3.05, 3.63) is 28.2 Å². The molecule has 0 aliphatic rings. The summed E-state index contributed by atoms with van der Waals surface area (Å²) in [5, 5.41) is 9.46. The van der Waals surface area contributed by atoms with Gasteiger partial charge in [0, 0.05) is 22.8 Å². The molecular formula is C10H12BrNOS. The van der Waals surface area contributed by atoms with Gasteiger partial charge < -0.3 is 5.11 Å². The number of thiol groups is 1. The molecule has 1 rings (SSSR count). The van der Waals surface area contributed by atoms with Gasteiger partial charge in [-0.25, -0.2) is 0 Å². The third-order valence-electron chi connectivity index (χ3n) is 1.67. The van der Waals surface area contributed by atoms with Gasteiger partial charge in [-0.05, 0) is 30.4 Å². The SMILES string of the molecule is Oc1ccc(Br)cc1C=NCCCS. The number of rotatable bonds is 4. The van der Waals surface area contributed by atoms with Crippen LogP contribution in [0.15, 0.2) is 27.7 Å². The van der Waals surface area contributed by atoms with E-state index in [2.05, 4.69) is 33.6 Å². The van der Waals surface area contributed by atoms with Crippen LogP contribution in [-0.4, -0.2) is 23.6 Å². The second-order valence-electron chi connectivity index (χ2n) is 2.82. The van der Waals surface area contributed by atoms with Crippen molar-refractivity contribution < 1.29 is 5.11 Å². The molecule has 0 aliphatic heterocycles. The molecule has 1 N–H and O–H groups in total. The van der Waals surface area contributed by atoms with E-state index in [0.29, 0.717) is 0 Å². The number of phenols is 1. The lowest BCUT2D eigenvalue weighted by Crippen LogP contribution is -1.86. The summed E-state index contributed by atoms with van der Waals surface area (Å²) >= 11 is 7.42. The van der Waals surface area contributed by atoms with Crippen molar-refractivity contribution >= 4 is 34.8 Å². The molecule has 0 unspecified atom stereocenters. The van der Waals surface area contributed by atoms with Gasteiger partial charge in [0.2, 0.25) is 0 Å². The molecule has 1 aromatic carbocycles. The minimum absolute atomic E-state index is 0.253. The largest absolute Gasteiger partial charge is 0.507 e. The maximum absolute atomic E-state index is 9.46. The Balaban J connectivity index is 2.65. The molecule has 0 spiro atoms. The smallest absolute Gasteiger partial charge is 0.124 e. The van der Waals surface area contributed by atoms with E-state index in [1.807, 2.05) is 6.07 Å². The number of hydrogen-bond donors (Lipinski definition) is 2. The predicted molar refractivity (Wildman–Crippen MR) is 66.7 cm³/mol. The van der Waals surface area contributed by atoms with Gasteiger partial charge in [0.15, 0.2) is 0 Å². The van der Waals surface area contributed by atoms with Gasteiger partial charge in [0.25, 0.3) is 0 Å². The van der Waals surface area contributed by atoms with E-state index in [9.17, 15) is 5.11 Å². The van der Waals surface area contributed by atoms with E-state index in [-0.39, 0.29) is 5.75 Å². The first-order chi connectivity index (χ1) is 6.74. The molecule has 76 valence electrons. The van der Waals surface area contributed by atoms with E-state index in [1.54, 1.807) is 18.3 Å². The van der Waals surface area contributed by atoms with Crippen molar-refractivity contribution in [2.75, 3.05) is 12.3 Å². The predicted octanol–water partition coefficient (Wildman–Crippen LogP) is 2.89.